The molecule has 1 aromatic carbocycles. The van der Waals surface area contributed by atoms with Crippen LogP contribution in [0.4, 0.5) is 28.9 Å². The maximum absolute atomic E-state index is 13.2. The number of hydrogen-bond acceptors (Lipinski definition) is 5. The zero-order valence-electron chi connectivity index (χ0n) is 18.1. The van der Waals surface area contributed by atoms with Crippen molar-refractivity contribution in [3.63, 3.8) is 0 Å². The molecule has 0 aliphatic carbocycles. The van der Waals surface area contributed by atoms with Crippen molar-refractivity contribution in [3.8, 4) is 0 Å². The molecule has 9 nitrogen and oxygen atoms in total. The molecule has 0 aliphatic heterocycles. The Morgan fingerprint density at radius 3 is 2.29 bits per heavy atom. The van der Waals surface area contributed by atoms with E-state index in [-0.39, 0.29) is 23.8 Å². The number of amides is 2. The first-order valence-electron chi connectivity index (χ1n) is 10.1. The van der Waals surface area contributed by atoms with Gasteiger partial charge in [0.05, 0.1) is 6.54 Å². The average molecular weight is 490 g/mol. The lowest BCUT2D eigenvalue weighted by molar-refractivity contribution is 0.0992. The van der Waals surface area contributed by atoms with Crippen molar-refractivity contribution >= 4 is 23.2 Å². The Bertz CT molecular complexity index is 1360. The first kappa shape index (κ1) is 23.7. The summed E-state index contributed by atoms with van der Waals surface area (Å²) in [6.45, 7) is -0.366. The van der Waals surface area contributed by atoms with E-state index in [0.717, 1.165) is 0 Å². The maximum Gasteiger partial charge on any atom is 0.291 e. The predicted molar refractivity (Wildman–Crippen MR) is 116 cm³/mol. The summed E-state index contributed by atoms with van der Waals surface area (Å²) in [5.74, 6) is -1.14. The third-order valence-corrected chi connectivity index (χ3v) is 4.79. The molecule has 0 aliphatic rings. The molecular weight excluding hydrogens is 472 g/mol. The topological polar surface area (TPSA) is 107 Å². The Morgan fingerprint density at radius 1 is 0.943 bits per heavy atom. The summed E-state index contributed by atoms with van der Waals surface area (Å²) in [4.78, 5) is 24.8. The van der Waals surface area contributed by atoms with Crippen LogP contribution < -0.4 is 10.6 Å². The summed E-state index contributed by atoms with van der Waals surface area (Å²) < 4.78 is 59.6. The molecule has 182 valence electrons. The van der Waals surface area contributed by atoms with Crippen LogP contribution in [0.5, 0.6) is 0 Å². The van der Waals surface area contributed by atoms with Crippen LogP contribution in [0, 0.1) is 0 Å². The highest BCUT2D eigenvalue weighted by molar-refractivity contribution is 6.04. The van der Waals surface area contributed by atoms with E-state index in [2.05, 4.69) is 20.8 Å². The van der Waals surface area contributed by atoms with Gasteiger partial charge in [-0.15, -0.1) is 0 Å². The number of benzene rings is 1. The standard InChI is InChI=1S/C22H18F4N6O3/c1-31-8-7-15(29-31)21(33)27-12-3-2-4-13(9-12)28-22(34)18-6-5-14(35-18)11-32-17(20(25)26)10-16(30-32)19(23)24/h2-10,19-20H,11H2,1H3,(H,27,33)(H,28,34). The molecule has 4 rings (SSSR count). The molecule has 2 amide bonds. The summed E-state index contributed by atoms with van der Waals surface area (Å²) in [5, 5.41) is 12.8. The van der Waals surface area contributed by atoms with Crippen LogP contribution >= 0.6 is 0 Å². The van der Waals surface area contributed by atoms with Gasteiger partial charge in [0.2, 0.25) is 0 Å². The van der Waals surface area contributed by atoms with Crippen molar-refractivity contribution in [1.82, 2.24) is 19.6 Å². The molecule has 0 radical (unpaired) electrons. The molecule has 4 aromatic rings. The number of hydrogen-bond donors (Lipinski definition) is 2. The van der Waals surface area contributed by atoms with Crippen LogP contribution in [0.3, 0.4) is 0 Å². The van der Waals surface area contributed by atoms with Gasteiger partial charge in [0.25, 0.3) is 24.7 Å². The van der Waals surface area contributed by atoms with Crippen molar-refractivity contribution in [1.29, 1.82) is 0 Å². The molecule has 0 saturated carbocycles. The van der Waals surface area contributed by atoms with Crippen molar-refractivity contribution in [2.75, 3.05) is 10.6 Å². The van der Waals surface area contributed by atoms with Gasteiger partial charge in [0.1, 0.15) is 17.1 Å². The second kappa shape index (κ2) is 9.83. The number of furan rings is 1. The number of anilines is 2. The van der Waals surface area contributed by atoms with Gasteiger partial charge in [-0.05, 0) is 42.5 Å². The molecule has 0 unspecified atom stereocenters. The van der Waals surface area contributed by atoms with Crippen molar-refractivity contribution < 1.29 is 31.6 Å². The molecule has 3 heterocycles. The molecule has 0 spiro atoms. The zero-order valence-corrected chi connectivity index (χ0v) is 18.1. The Hall–Kier alpha value is -4.42. The minimum atomic E-state index is -3.02. The third kappa shape index (κ3) is 5.57. The Labute approximate surface area is 195 Å². The summed E-state index contributed by atoms with van der Waals surface area (Å²) in [6, 6.07) is 11.2. The van der Waals surface area contributed by atoms with Crippen LogP contribution in [0.15, 0.2) is 59.1 Å². The molecule has 3 aromatic heterocycles. The first-order valence-corrected chi connectivity index (χ1v) is 10.1. The van der Waals surface area contributed by atoms with Crippen LogP contribution in [0.1, 0.15) is 51.0 Å². The number of carbonyl (C=O) groups is 2. The number of carbonyl (C=O) groups excluding carboxylic acids is 2. The summed E-state index contributed by atoms with van der Waals surface area (Å²) in [7, 11) is 1.68. The van der Waals surface area contributed by atoms with Crippen LogP contribution in [0.2, 0.25) is 0 Å². The van der Waals surface area contributed by atoms with E-state index in [0.29, 0.717) is 22.1 Å². The van der Waals surface area contributed by atoms with Gasteiger partial charge in [-0.25, -0.2) is 17.6 Å². The van der Waals surface area contributed by atoms with Crippen molar-refractivity contribution in [2.45, 2.75) is 19.4 Å². The van der Waals surface area contributed by atoms with E-state index in [4.69, 9.17) is 4.42 Å². The maximum atomic E-state index is 13.2. The largest absolute Gasteiger partial charge is 0.454 e. The summed E-state index contributed by atoms with van der Waals surface area (Å²) >= 11 is 0. The van der Waals surface area contributed by atoms with Gasteiger partial charge in [-0.3, -0.25) is 19.0 Å². The minimum absolute atomic E-state index is 0.0670. The van der Waals surface area contributed by atoms with Gasteiger partial charge < -0.3 is 15.1 Å². The lowest BCUT2D eigenvalue weighted by Crippen LogP contribution is -2.14. The van der Waals surface area contributed by atoms with E-state index in [9.17, 15) is 27.2 Å². The monoisotopic (exact) mass is 490 g/mol. The smallest absolute Gasteiger partial charge is 0.291 e. The van der Waals surface area contributed by atoms with Gasteiger partial charge in [-0.2, -0.15) is 10.2 Å². The van der Waals surface area contributed by atoms with E-state index < -0.39 is 36.1 Å². The highest BCUT2D eigenvalue weighted by atomic mass is 19.3. The van der Waals surface area contributed by atoms with Crippen LogP contribution in [-0.4, -0.2) is 31.4 Å². The fraction of sp³-hybridized carbons (Fsp3) is 0.182. The van der Waals surface area contributed by atoms with Crippen LogP contribution in [0.25, 0.3) is 0 Å². The highest BCUT2D eigenvalue weighted by Gasteiger charge is 2.22. The second-order valence-corrected chi connectivity index (χ2v) is 7.38. The molecule has 0 fully saturated rings. The zero-order chi connectivity index (χ0) is 25.1. The lowest BCUT2D eigenvalue weighted by atomic mass is 10.2. The van der Waals surface area contributed by atoms with Crippen LogP contribution in [-0.2, 0) is 13.6 Å². The number of aromatic nitrogens is 4. The molecule has 2 N–H and O–H groups in total. The number of rotatable bonds is 8. The molecule has 0 saturated heterocycles. The third-order valence-electron chi connectivity index (χ3n) is 4.79. The van der Waals surface area contributed by atoms with E-state index >= 15 is 0 Å². The van der Waals surface area contributed by atoms with E-state index in [1.807, 2.05) is 0 Å². The molecule has 35 heavy (non-hydrogen) atoms. The van der Waals surface area contributed by atoms with Gasteiger partial charge in [0, 0.05) is 24.6 Å². The fourth-order valence-electron chi connectivity index (χ4n) is 3.19. The Kier molecular flexibility index (Phi) is 6.66. The molecule has 0 bridgehead atoms. The molecule has 0 atom stereocenters. The number of alkyl halides is 4. The average Bonchev–Trinajstić information content (AvgIpc) is 3.54. The lowest BCUT2D eigenvalue weighted by Gasteiger charge is -2.07. The molecular formula is C22H18F4N6O3. The van der Waals surface area contributed by atoms with E-state index in [1.165, 1.54) is 22.9 Å². The number of nitrogens with zero attached hydrogens (tertiary/aromatic N) is 4. The van der Waals surface area contributed by atoms with Crippen molar-refractivity contribution in [2.24, 2.45) is 7.05 Å². The summed E-state index contributed by atoms with van der Waals surface area (Å²) in [6.07, 6.45) is -4.39. The van der Waals surface area contributed by atoms with E-state index in [1.54, 1.807) is 37.5 Å². The predicted octanol–water partition coefficient (Wildman–Crippen LogP) is 4.64. The quantitative estimate of drug-likeness (QED) is 0.350. The molecule has 13 heteroatoms. The Balaban J connectivity index is 1.42. The number of nitrogens with one attached hydrogen (secondary N) is 2. The minimum Gasteiger partial charge on any atom is -0.454 e. The van der Waals surface area contributed by atoms with Gasteiger partial charge >= 0.3 is 0 Å². The summed E-state index contributed by atoms with van der Waals surface area (Å²) in [5.41, 5.74) is -0.489. The van der Waals surface area contributed by atoms with Gasteiger partial charge in [0.15, 0.2) is 11.5 Å². The second-order valence-electron chi connectivity index (χ2n) is 7.38. The van der Waals surface area contributed by atoms with Gasteiger partial charge in [-0.1, -0.05) is 6.07 Å². The fourth-order valence-corrected chi connectivity index (χ4v) is 3.19. The Morgan fingerprint density at radius 2 is 1.66 bits per heavy atom. The van der Waals surface area contributed by atoms with Crippen molar-refractivity contribution in [3.05, 3.63) is 83.3 Å². The number of halogens is 4. The first-order chi connectivity index (χ1) is 16.7. The number of aryl methyl sites for hydroxylation is 1. The SMILES string of the molecule is Cn1ccc(C(=O)Nc2cccc(NC(=O)c3ccc(Cn4nc(C(F)F)cc4C(F)F)o3)c2)n1. The normalized spacial score (nSPS) is 11.3. The highest BCUT2D eigenvalue weighted by Crippen LogP contribution is 2.26.